The maximum atomic E-state index is 12.0. The molecule has 0 fully saturated rings. The SMILES string of the molecule is COC(=O)C[C@]1(OCc2ccccc2)CCCC=C1O[Si](C)(C)C. The molecule has 0 N–H and O–H groups in total. The number of allylic oxidation sites excluding steroid dienone is 1. The van der Waals surface area contributed by atoms with E-state index in [4.69, 9.17) is 13.9 Å². The predicted octanol–water partition coefficient (Wildman–Crippen LogP) is 4.42. The van der Waals surface area contributed by atoms with Gasteiger partial charge in [0.25, 0.3) is 0 Å². The number of hydrogen-bond acceptors (Lipinski definition) is 4. The van der Waals surface area contributed by atoms with E-state index in [-0.39, 0.29) is 12.4 Å². The van der Waals surface area contributed by atoms with Crippen LogP contribution in [0.15, 0.2) is 42.2 Å². The molecule has 0 spiro atoms. The molecule has 0 aliphatic heterocycles. The molecular weight excluding hydrogens is 320 g/mol. The van der Waals surface area contributed by atoms with Crippen molar-refractivity contribution < 1.29 is 18.7 Å². The maximum absolute atomic E-state index is 12.0. The van der Waals surface area contributed by atoms with Crippen LogP contribution in [-0.4, -0.2) is 27.0 Å². The van der Waals surface area contributed by atoms with E-state index < -0.39 is 13.9 Å². The Morgan fingerprint density at radius 2 is 1.92 bits per heavy atom. The number of ether oxygens (including phenoxy) is 2. The number of carbonyl (C=O) groups is 1. The summed E-state index contributed by atoms with van der Waals surface area (Å²) in [6.45, 7) is 6.87. The summed E-state index contributed by atoms with van der Waals surface area (Å²) in [4.78, 5) is 12.0. The van der Waals surface area contributed by atoms with Crippen LogP contribution in [0.2, 0.25) is 19.6 Å². The van der Waals surface area contributed by atoms with Crippen LogP contribution in [0, 0.1) is 0 Å². The molecule has 24 heavy (non-hydrogen) atoms. The molecule has 1 aromatic carbocycles. The van der Waals surface area contributed by atoms with Gasteiger partial charge in [0.1, 0.15) is 11.4 Å². The van der Waals surface area contributed by atoms with Crippen molar-refractivity contribution in [2.75, 3.05) is 7.11 Å². The van der Waals surface area contributed by atoms with Crippen molar-refractivity contribution in [1.82, 2.24) is 0 Å². The van der Waals surface area contributed by atoms with Gasteiger partial charge in [-0.1, -0.05) is 30.3 Å². The summed E-state index contributed by atoms with van der Waals surface area (Å²) in [6, 6.07) is 10.0. The lowest BCUT2D eigenvalue weighted by Crippen LogP contribution is -2.43. The molecule has 0 amide bonds. The van der Waals surface area contributed by atoms with Crippen molar-refractivity contribution >= 4 is 14.3 Å². The molecule has 1 aliphatic rings. The molecule has 0 unspecified atom stereocenters. The van der Waals surface area contributed by atoms with Crippen molar-refractivity contribution in [3.63, 3.8) is 0 Å². The lowest BCUT2D eigenvalue weighted by Gasteiger charge is -2.40. The summed E-state index contributed by atoms with van der Waals surface area (Å²) in [5.74, 6) is 0.546. The first kappa shape index (κ1) is 18.7. The van der Waals surface area contributed by atoms with Crippen molar-refractivity contribution in [2.24, 2.45) is 0 Å². The highest BCUT2D eigenvalue weighted by Gasteiger charge is 2.42. The summed E-state index contributed by atoms with van der Waals surface area (Å²) in [6.07, 6.45) is 4.98. The van der Waals surface area contributed by atoms with Gasteiger partial charge >= 0.3 is 5.97 Å². The van der Waals surface area contributed by atoms with E-state index in [0.29, 0.717) is 6.61 Å². The highest BCUT2D eigenvalue weighted by molar-refractivity contribution is 6.70. The van der Waals surface area contributed by atoms with E-state index in [1.54, 1.807) is 0 Å². The van der Waals surface area contributed by atoms with Crippen LogP contribution in [0.3, 0.4) is 0 Å². The van der Waals surface area contributed by atoms with Crippen molar-refractivity contribution in [2.45, 2.75) is 57.5 Å². The van der Waals surface area contributed by atoms with Crippen LogP contribution in [-0.2, 0) is 25.3 Å². The van der Waals surface area contributed by atoms with Crippen molar-refractivity contribution in [1.29, 1.82) is 0 Å². The van der Waals surface area contributed by atoms with Gasteiger partial charge in [0.15, 0.2) is 0 Å². The van der Waals surface area contributed by atoms with Gasteiger partial charge in [-0.2, -0.15) is 0 Å². The highest BCUT2D eigenvalue weighted by atomic mass is 28.4. The zero-order chi connectivity index (χ0) is 17.6. The fourth-order valence-electron chi connectivity index (χ4n) is 2.87. The minimum absolute atomic E-state index is 0.187. The number of rotatable bonds is 7. The second-order valence-corrected chi connectivity index (χ2v) is 11.6. The summed E-state index contributed by atoms with van der Waals surface area (Å²) < 4.78 is 17.5. The molecule has 0 saturated heterocycles. The Morgan fingerprint density at radius 1 is 1.21 bits per heavy atom. The number of benzene rings is 1. The summed E-state index contributed by atoms with van der Waals surface area (Å²) >= 11 is 0. The Bertz CT molecular complexity index is 577. The topological polar surface area (TPSA) is 44.8 Å². The van der Waals surface area contributed by atoms with Crippen molar-refractivity contribution in [3.05, 3.63) is 47.7 Å². The Kier molecular flexibility index (Phi) is 6.24. The van der Waals surface area contributed by atoms with E-state index in [2.05, 4.69) is 25.7 Å². The molecule has 1 aromatic rings. The zero-order valence-electron chi connectivity index (χ0n) is 15.1. The van der Waals surface area contributed by atoms with E-state index in [0.717, 1.165) is 30.6 Å². The number of esters is 1. The first-order valence-electron chi connectivity index (χ1n) is 8.49. The van der Waals surface area contributed by atoms with Crippen LogP contribution in [0.1, 0.15) is 31.2 Å². The van der Waals surface area contributed by atoms with Crippen LogP contribution >= 0.6 is 0 Å². The summed E-state index contributed by atoms with van der Waals surface area (Å²) in [7, 11) is -0.388. The lowest BCUT2D eigenvalue weighted by molar-refractivity contribution is -0.150. The summed E-state index contributed by atoms with van der Waals surface area (Å²) in [5, 5.41) is 0. The first-order chi connectivity index (χ1) is 11.3. The first-order valence-corrected chi connectivity index (χ1v) is 11.9. The normalized spacial score (nSPS) is 21.1. The highest BCUT2D eigenvalue weighted by Crippen LogP contribution is 2.39. The second-order valence-electron chi connectivity index (χ2n) is 7.20. The standard InChI is InChI=1S/C19H28O4Si/c1-21-18(20)14-19(22-15-16-10-6-5-7-11-16)13-9-8-12-17(19)23-24(2,3)4/h5-7,10-12H,8-9,13-15H2,1-4H3/t19-/m1/s1. The molecule has 2 rings (SSSR count). The van der Waals surface area contributed by atoms with Crippen LogP contribution in [0.4, 0.5) is 0 Å². The Balaban J connectivity index is 2.25. The van der Waals surface area contributed by atoms with Gasteiger partial charge < -0.3 is 13.9 Å². The molecule has 0 heterocycles. The van der Waals surface area contributed by atoms with E-state index in [9.17, 15) is 4.79 Å². The van der Waals surface area contributed by atoms with Crippen LogP contribution < -0.4 is 0 Å². The third kappa shape index (κ3) is 5.21. The molecule has 1 aliphatic carbocycles. The Hall–Kier alpha value is -1.59. The molecule has 4 nitrogen and oxygen atoms in total. The third-order valence-corrected chi connectivity index (χ3v) is 4.83. The zero-order valence-corrected chi connectivity index (χ0v) is 16.1. The minimum atomic E-state index is -1.80. The number of methoxy groups -OCH3 is 1. The molecule has 0 aromatic heterocycles. The van der Waals surface area contributed by atoms with Gasteiger partial charge in [0, 0.05) is 0 Å². The molecule has 0 bridgehead atoms. The quantitative estimate of drug-likeness (QED) is 0.540. The number of hydrogen-bond donors (Lipinski definition) is 0. The monoisotopic (exact) mass is 348 g/mol. The van der Waals surface area contributed by atoms with Gasteiger partial charge in [-0.05, 0) is 50.5 Å². The predicted molar refractivity (Wildman–Crippen MR) is 97.0 cm³/mol. The fourth-order valence-corrected chi connectivity index (χ4v) is 3.79. The van der Waals surface area contributed by atoms with Crippen LogP contribution in [0.25, 0.3) is 0 Å². The van der Waals surface area contributed by atoms with E-state index >= 15 is 0 Å². The van der Waals surface area contributed by atoms with Gasteiger partial charge in [-0.3, -0.25) is 4.79 Å². The fraction of sp³-hybridized carbons (Fsp3) is 0.526. The van der Waals surface area contributed by atoms with Crippen LogP contribution in [0.5, 0.6) is 0 Å². The van der Waals surface area contributed by atoms with E-state index in [1.165, 1.54) is 7.11 Å². The van der Waals surface area contributed by atoms with E-state index in [1.807, 2.05) is 30.3 Å². The largest absolute Gasteiger partial charge is 0.545 e. The molecular formula is C19H28O4Si. The second kappa shape index (κ2) is 7.99. The average Bonchev–Trinajstić information content (AvgIpc) is 2.55. The molecule has 0 saturated carbocycles. The molecule has 0 radical (unpaired) electrons. The Morgan fingerprint density at radius 3 is 2.54 bits per heavy atom. The van der Waals surface area contributed by atoms with Gasteiger partial charge in [-0.25, -0.2) is 0 Å². The minimum Gasteiger partial charge on any atom is -0.545 e. The summed E-state index contributed by atoms with van der Waals surface area (Å²) in [5.41, 5.74) is 0.362. The Labute approximate surface area is 145 Å². The molecule has 1 atom stereocenters. The maximum Gasteiger partial charge on any atom is 0.308 e. The lowest BCUT2D eigenvalue weighted by atomic mass is 9.85. The number of carbonyl (C=O) groups excluding carboxylic acids is 1. The van der Waals surface area contributed by atoms with Gasteiger partial charge in [0.05, 0.1) is 20.1 Å². The average molecular weight is 349 g/mol. The van der Waals surface area contributed by atoms with Gasteiger partial charge in [0.2, 0.25) is 8.32 Å². The molecule has 5 heteroatoms. The van der Waals surface area contributed by atoms with Gasteiger partial charge in [-0.15, -0.1) is 0 Å². The van der Waals surface area contributed by atoms with Crippen molar-refractivity contribution in [3.8, 4) is 0 Å². The molecule has 132 valence electrons. The smallest absolute Gasteiger partial charge is 0.308 e. The third-order valence-electron chi connectivity index (χ3n) is 4.00.